The van der Waals surface area contributed by atoms with Gasteiger partial charge in [-0.3, -0.25) is 0 Å². The maximum atomic E-state index is 12.7. The molecule has 84 valence electrons. The molecule has 16 heavy (non-hydrogen) atoms. The highest BCUT2D eigenvalue weighted by Crippen LogP contribution is 2.31. The summed E-state index contributed by atoms with van der Waals surface area (Å²) in [5.74, 6) is -0.276. The van der Waals surface area contributed by atoms with Crippen LogP contribution in [0.4, 0.5) is 4.39 Å². The molecule has 0 radical (unpaired) electrons. The number of aliphatic hydroxyl groups excluding tert-OH is 1. The zero-order valence-electron chi connectivity index (χ0n) is 8.28. The van der Waals surface area contributed by atoms with Crippen molar-refractivity contribution < 1.29 is 9.50 Å². The Kier molecular flexibility index (Phi) is 3.53. The van der Waals surface area contributed by atoms with E-state index in [-0.39, 0.29) is 12.4 Å². The summed E-state index contributed by atoms with van der Waals surface area (Å²) in [4.78, 5) is 5.03. The molecule has 0 saturated heterocycles. The third-order valence-corrected chi connectivity index (χ3v) is 3.67. The van der Waals surface area contributed by atoms with E-state index in [0.29, 0.717) is 11.6 Å². The maximum Gasteiger partial charge on any atom is 0.143 e. The highest BCUT2D eigenvalue weighted by Gasteiger charge is 2.10. The minimum atomic E-state index is -0.276. The third kappa shape index (κ3) is 2.40. The number of aliphatic hydroxyl groups is 1. The molecule has 2 aromatic rings. The molecule has 1 heterocycles. The zero-order chi connectivity index (χ0) is 11.5. The van der Waals surface area contributed by atoms with Gasteiger partial charge in [-0.25, -0.2) is 9.37 Å². The van der Waals surface area contributed by atoms with Gasteiger partial charge in [0.1, 0.15) is 16.0 Å². The highest BCUT2D eigenvalue weighted by molar-refractivity contribution is 7.15. The molecule has 2 rings (SSSR count). The first-order valence-corrected chi connectivity index (χ1v) is 5.92. The average molecular weight is 258 g/mol. The smallest absolute Gasteiger partial charge is 0.143 e. The second-order valence-corrected chi connectivity index (χ2v) is 4.66. The van der Waals surface area contributed by atoms with Crippen LogP contribution in [0.3, 0.4) is 0 Å². The van der Waals surface area contributed by atoms with Crippen LogP contribution in [0.5, 0.6) is 0 Å². The van der Waals surface area contributed by atoms with Crippen molar-refractivity contribution in [3.63, 3.8) is 0 Å². The number of rotatable bonds is 3. The summed E-state index contributed by atoms with van der Waals surface area (Å²) in [6, 6.07) is 6.09. The number of thiazole rings is 1. The van der Waals surface area contributed by atoms with Crippen LogP contribution in [0.1, 0.15) is 4.88 Å². The number of nitrogens with zero attached hydrogens (tertiary/aromatic N) is 1. The normalized spacial score (nSPS) is 10.7. The highest BCUT2D eigenvalue weighted by atomic mass is 35.5. The van der Waals surface area contributed by atoms with Crippen molar-refractivity contribution in [2.24, 2.45) is 0 Å². The van der Waals surface area contributed by atoms with E-state index in [1.165, 1.54) is 23.5 Å². The number of halogens is 2. The second-order valence-electron chi connectivity index (χ2n) is 3.21. The van der Waals surface area contributed by atoms with E-state index < -0.39 is 0 Å². The van der Waals surface area contributed by atoms with Gasteiger partial charge in [-0.1, -0.05) is 11.6 Å². The molecule has 0 amide bonds. The predicted molar refractivity (Wildman–Crippen MR) is 63.3 cm³/mol. The Morgan fingerprint density at radius 3 is 2.62 bits per heavy atom. The van der Waals surface area contributed by atoms with Gasteiger partial charge in [0.25, 0.3) is 0 Å². The van der Waals surface area contributed by atoms with E-state index in [0.717, 1.165) is 15.4 Å². The zero-order valence-corrected chi connectivity index (χ0v) is 9.85. The Labute approximate surface area is 101 Å². The SMILES string of the molecule is OCCc1sc(-c2ccc(F)cc2)nc1Cl. The van der Waals surface area contributed by atoms with Crippen molar-refractivity contribution in [2.75, 3.05) is 6.61 Å². The Bertz CT molecular complexity index is 483. The quantitative estimate of drug-likeness (QED) is 0.916. The minimum absolute atomic E-state index is 0.0464. The largest absolute Gasteiger partial charge is 0.396 e. The molecule has 0 aliphatic carbocycles. The Balaban J connectivity index is 2.33. The standard InChI is InChI=1S/C11H9ClFNOS/c12-10-9(5-6-15)16-11(14-10)7-1-3-8(13)4-2-7/h1-4,15H,5-6H2. The molecule has 0 aliphatic heterocycles. The molecule has 0 spiro atoms. The van der Waals surface area contributed by atoms with E-state index in [1.807, 2.05) is 0 Å². The van der Waals surface area contributed by atoms with Crippen molar-refractivity contribution in [3.05, 3.63) is 40.1 Å². The Morgan fingerprint density at radius 2 is 2.00 bits per heavy atom. The molecule has 5 heteroatoms. The Hall–Kier alpha value is -0.970. The van der Waals surface area contributed by atoms with Gasteiger partial charge < -0.3 is 5.11 Å². The fourth-order valence-corrected chi connectivity index (χ4v) is 2.60. The fourth-order valence-electron chi connectivity index (χ4n) is 1.30. The first-order chi connectivity index (χ1) is 7.70. The molecule has 0 aliphatic rings. The lowest BCUT2D eigenvalue weighted by atomic mass is 10.2. The molecule has 0 unspecified atom stereocenters. The van der Waals surface area contributed by atoms with Crippen molar-refractivity contribution in [3.8, 4) is 10.6 Å². The van der Waals surface area contributed by atoms with Crippen LogP contribution in [0.15, 0.2) is 24.3 Å². The van der Waals surface area contributed by atoms with Gasteiger partial charge in [0, 0.05) is 23.5 Å². The molecule has 0 bridgehead atoms. The van der Waals surface area contributed by atoms with E-state index in [1.54, 1.807) is 12.1 Å². The summed E-state index contributed by atoms with van der Waals surface area (Å²) in [5, 5.41) is 9.99. The van der Waals surface area contributed by atoms with Gasteiger partial charge >= 0.3 is 0 Å². The lowest BCUT2D eigenvalue weighted by Gasteiger charge is -1.94. The van der Waals surface area contributed by atoms with Crippen LogP contribution in [-0.2, 0) is 6.42 Å². The molecular weight excluding hydrogens is 249 g/mol. The monoisotopic (exact) mass is 257 g/mol. The minimum Gasteiger partial charge on any atom is -0.396 e. The molecular formula is C11H9ClFNOS. The van der Waals surface area contributed by atoms with Crippen molar-refractivity contribution in [1.82, 2.24) is 4.98 Å². The van der Waals surface area contributed by atoms with Crippen LogP contribution in [0, 0.1) is 5.82 Å². The van der Waals surface area contributed by atoms with Gasteiger partial charge in [0.15, 0.2) is 0 Å². The van der Waals surface area contributed by atoms with E-state index in [4.69, 9.17) is 16.7 Å². The molecule has 0 fully saturated rings. The van der Waals surface area contributed by atoms with Gasteiger partial charge in [0.05, 0.1) is 0 Å². The number of benzene rings is 1. The summed E-state index contributed by atoms with van der Waals surface area (Å²) in [5.41, 5.74) is 0.831. The van der Waals surface area contributed by atoms with Gasteiger partial charge in [-0.05, 0) is 24.3 Å². The maximum absolute atomic E-state index is 12.7. The number of hydrogen-bond donors (Lipinski definition) is 1. The van der Waals surface area contributed by atoms with Crippen LogP contribution >= 0.6 is 22.9 Å². The van der Waals surface area contributed by atoms with E-state index in [9.17, 15) is 4.39 Å². The predicted octanol–water partition coefficient (Wildman–Crippen LogP) is 3.14. The van der Waals surface area contributed by atoms with Crippen molar-refractivity contribution in [2.45, 2.75) is 6.42 Å². The van der Waals surface area contributed by atoms with Gasteiger partial charge in [-0.15, -0.1) is 11.3 Å². The van der Waals surface area contributed by atoms with Crippen LogP contribution in [0.2, 0.25) is 5.15 Å². The average Bonchev–Trinajstić information content (AvgIpc) is 2.62. The van der Waals surface area contributed by atoms with Crippen LogP contribution in [0.25, 0.3) is 10.6 Å². The summed E-state index contributed by atoms with van der Waals surface area (Å²) in [6.45, 7) is 0.0464. The molecule has 1 N–H and O–H groups in total. The first kappa shape index (κ1) is 11.5. The van der Waals surface area contributed by atoms with Gasteiger partial charge in [0.2, 0.25) is 0 Å². The summed E-state index contributed by atoms with van der Waals surface area (Å²) < 4.78 is 12.7. The molecule has 0 saturated carbocycles. The first-order valence-electron chi connectivity index (χ1n) is 4.72. The molecule has 0 atom stereocenters. The van der Waals surface area contributed by atoms with Crippen molar-refractivity contribution in [1.29, 1.82) is 0 Å². The third-order valence-electron chi connectivity index (χ3n) is 2.08. The number of hydrogen-bond acceptors (Lipinski definition) is 3. The fraction of sp³-hybridized carbons (Fsp3) is 0.182. The Morgan fingerprint density at radius 1 is 1.31 bits per heavy atom. The van der Waals surface area contributed by atoms with Crippen molar-refractivity contribution >= 4 is 22.9 Å². The second kappa shape index (κ2) is 4.91. The molecule has 1 aromatic carbocycles. The molecule has 1 aromatic heterocycles. The van der Waals surface area contributed by atoms with Gasteiger partial charge in [-0.2, -0.15) is 0 Å². The van der Waals surface area contributed by atoms with E-state index in [2.05, 4.69) is 4.98 Å². The van der Waals surface area contributed by atoms with E-state index >= 15 is 0 Å². The summed E-state index contributed by atoms with van der Waals surface area (Å²) in [6.07, 6.45) is 0.498. The van der Waals surface area contributed by atoms with Crippen LogP contribution < -0.4 is 0 Å². The summed E-state index contributed by atoms with van der Waals surface area (Å²) >= 11 is 7.34. The number of aromatic nitrogens is 1. The topological polar surface area (TPSA) is 33.1 Å². The molecule has 2 nitrogen and oxygen atoms in total. The summed E-state index contributed by atoms with van der Waals surface area (Å²) in [7, 11) is 0. The lowest BCUT2D eigenvalue weighted by molar-refractivity contribution is 0.300. The lowest BCUT2D eigenvalue weighted by Crippen LogP contribution is -1.86. The van der Waals surface area contributed by atoms with Crippen LogP contribution in [-0.4, -0.2) is 16.7 Å².